The van der Waals surface area contributed by atoms with Crippen molar-refractivity contribution in [1.29, 1.82) is 0 Å². The first-order valence-electron chi connectivity index (χ1n) is 8.39. The molecule has 1 heterocycles. The molecule has 118 valence electrons. The van der Waals surface area contributed by atoms with E-state index in [0.29, 0.717) is 5.92 Å². The van der Waals surface area contributed by atoms with E-state index < -0.39 is 0 Å². The lowest BCUT2D eigenvalue weighted by Gasteiger charge is -2.27. The molecule has 1 saturated heterocycles. The quantitative estimate of drug-likeness (QED) is 0.745. The van der Waals surface area contributed by atoms with Gasteiger partial charge in [0, 0.05) is 26.2 Å². The van der Waals surface area contributed by atoms with Crippen molar-refractivity contribution in [3.8, 4) is 5.75 Å². The Bertz CT molecular complexity index is 383. The minimum absolute atomic E-state index is 0.578. The third-order valence-electron chi connectivity index (χ3n) is 3.91. The number of unbranched alkanes of at least 4 members (excludes halogenated alkanes) is 1. The minimum atomic E-state index is 0.578. The Hall–Kier alpha value is -1.06. The monoisotopic (exact) mass is 290 g/mol. The number of benzene rings is 1. The number of hydrogen-bond acceptors (Lipinski definition) is 3. The fourth-order valence-electron chi connectivity index (χ4n) is 2.61. The van der Waals surface area contributed by atoms with E-state index in [2.05, 4.69) is 48.3 Å². The molecule has 0 amide bonds. The van der Waals surface area contributed by atoms with Crippen molar-refractivity contribution in [3.05, 3.63) is 29.8 Å². The number of nitrogens with one attached hydrogen (secondary N) is 1. The van der Waals surface area contributed by atoms with Crippen LogP contribution < -0.4 is 10.1 Å². The summed E-state index contributed by atoms with van der Waals surface area (Å²) in [5.74, 6) is 1.57. The predicted octanol–water partition coefficient (Wildman–Crippen LogP) is 2.95. The Morgan fingerprint density at radius 1 is 1.10 bits per heavy atom. The summed E-state index contributed by atoms with van der Waals surface area (Å²) >= 11 is 0. The van der Waals surface area contributed by atoms with Crippen LogP contribution in [0.4, 0.5) is 0 Å². The van der Waals surface area contributed by atoms with Crippen LogP contribution in [0.3, 0.4) is 0 Å². The third kappa shape index (κ3) is 6.49. The zero-order chi connectivity index (χ0) is 14.9. The first kappa shape index (κ1) is 16.3. The van der Waals surface area contributed by atoms with Gasteiger partial charge in [-0.05, 0) is 49.4 Å². The zero-order valence-corrected chi connectivity index (χ0v) is 13.6. The minimum Gasteiger partial charge on any atom is -0.493 e. The zero-order valence-electron chi connectivity index (χ0n) is 13.6. The highest BCUT2D eigenvalue weighted by Crippen LogP contribution is 2.15. The van der Waals surface area contributed by atoms with E-state index in [1.54, 1.807) is 0 Å². The van der Waals surface area contributed by atoms with Crippen molar-refractivity contribution in [1.82, 2.24) is 10.2 Å². The number of piperazine rings is 1. The van der Waals surface area contributed by atoms with E-state index in [-0.39, 0.29) is 0 Å². The highest BCUT2D eigenvalue weighted by Gasteiger charge is 2.08. The van der Waals surface area contributed by atoms with E-state index in [1.807, 2.05) is 0 Å². The van der Waals surface area contributed by atoms with Crippen molar-refractivity contribution >= 4 is 0 Å². The van der Waals surface area contributed by atoms with Crippen LogP contribution in [-0.4, -0.2) is 44.2 Å². The second kappa shape index (κ2) is 9.06. The molecule has 0 aromatic heterocycles. The highest BCUT2D eigenvalue weighted by molar-refractivity contribution is 5.27. The maximum absolute atomic E-state index is 5.71. The van der Waals surface area contributed by atoms with Crippen LogP contribution in [-0.2, 0) is 6.42 Å². The molecule has 0 bridgehead atoms. The Morgan fingerprint density at radius 3 is 2.48 bits per heavy atom. The topological polar surface area (TPSA) is 24.5 Å². The Kier molecular flexibility index (Phi) is 7.04. The second-order valence-electron chi connectivity index (χ2n) is 6.40. The molecule has 1 aliphatic rings. The van der Waals surface area contributed by atoms with Gasteiger partial charge in [-0.3, -0.25) is 0 Å². The molecule has 0 spiro atoms. The number of nitrogens with zero attached hydrogens (tertiary/aromatic N) is 1. The van der Waals surface area contributed by atoms with E-state index in [4.69, 9.17) is 4.74 Å². The number of aryl methyl sites for hydroxylation is 1. The fraction of sp³-hybridized carbons (Fsp3) is 0.667. The summed E-state index contributed by atoms with van der Waals surface area (Å²) in [7, 11) is 0. The molecule has 0 unspecified atom stereocenters. The van der Waals surface area contributed by atoms with E-state index in [0.717, 1.165) is 25.4 Å². The maximum Gasteiger partial charge on any atom is 0.119 e. The molecule has 0 radical (unpaired) electrons. The van der Waals surface area contributed by atoms with Gasteiger partial charge in [-0.25, -0.2) is 0 Å². The van der Waals surface area contributed by atoms with E-state index >= 15 is 0 Å². The fourth-order valence-corrected chi connectivity index (χ4v) is 2.61. The molecule has 2 rings (SSSR count). The summed E-state index contributed by atoms with van der Waals surface area (Å²) in [6.07, 6.45) is 3.75. The molecule has 0 atom stereocenters. The van der Waals surface area contributed by atoms with Gasteiger partial charge in [0.15, 0.2) is 0 Å². The molecule has 0 aliphatic carbocycles. The molecule has 21 heavy (non-hydrogen) atoms. The van der Waals surface area contributed by atoms with Crippen molar-refractivity contribution in [2.45, 2.75) is 33.1 Å². The lowest BCUT2D eigenvalue weighted by atomic mass is 10.1. The molecular formula is C18H30N2O. The molecule has 1 N–H and O–H groups in total. The molecule has 1 aliphatic heterocycles. The summed E-state index contributed by atoms with van der Waals surface area (Å²) in [5, 5.41) is 3.40. The van der Waals surface area contributed by atoms with E-state index in [1.165, 1.54) is 44.5 Å². The third-order valence-corrected chi connectivity index (χ3v) is 3.91. The normalized spacial score (nSPS) is 16.3. The van der Waals surface area contributed by atoms with Gasteiger partial charge in [0.2, 0.25) is 0 Å². The molecule has 1 aromatic rings. The summed E-state index contributed by atoms with van der Waals surface area (Å²) in [6, 6.07) is 8.63. The van der Waals surface area contributed by atoms with Gasteiger partial charge in [0.25, 0.3) is 0 Å². The predicted molar refractivity (Wildman–Crippen MR) is 89.0 cm³/mol. The van der Waals surface area contributed by atoms with E-state index in [9.17, 15) is 0 Å². The summed E-state index contributed by atoms with van der Waals surface area (Å²) in [4.78, 5) is 2.57. The summed E-state index contributed by atoms with van der Waals surface area (Å²) in [6.45, 7) is 11.1. The average molecular weight is 290 g/mol. The Morgan fingerprint density at radius 2 is 1.81 bits per heavy atom. The standard InChI is InChI=1S/C18H30N2O/c1-16(2)15-21-18-8-6-17(7-9-18)5-3-4-12-20-13-10-19-11-14-20/h6-9,16,19H,3-5,10-15H2,1-2H3. The summed E-state index contributed by atoms with van der Waals surface area (Å²) < 4.78 is 5.71. The lowest BCUT2D eigenvalue weighted by molar-refractivity contribution is 0.237. The van der Waals surface area contributed by atoms with Gasteiger partial charge in [-0.15, -0.1) is 0 Å². The van der Waals surface area contributed by atoms with Crippen LogP contribution in [0.25, 0.3) is 0 Å². The highest BCUT2D eigenvalue weighted by atomic mass is 16.5. The Balaban J connectivity index is 1.61. The van der Waals surface area contributed by atoms with Crippen molar-refractivity contribution in [2.75, 3.05) is 39.3 Å². The SMILES string of the molecule is CC(C)COc1ccc(CCCCN2CCNCC2)cc1. The van der Waals surface area contributed by atoms with Crippen LogP contribution in [0.15, 0.2) is 24.3 Å². The second-order valence-corrected chi connectivity index (χ2v) is 6.40. The van der Waals surface area contributed by atoms with Gasteiger partial charge in [-0.1, -0.05) is 26.0 Å². The Labute approximate surface area is 129 Å². The van der Waals surface area contributed by atoms with Crippen LogP contribution in [0.1, 0.15) is 32.3 Å². The van der Waals surface area contributed by atoms with Crippen LogP contribution in [0.5, 0.6) is 5.75 Å². The van der Waals surface area contributed by atoms with Crippen LogP contribution in [0.2, 0.25) is 0 Å². The smallest absolute Gasteiger partial charge is 0.119 e. The molecular weight excluding hydrogens is 260 g/mol. The molecule has 1 aromatic carbocycles. The molecule has 0 saturated carbocycles. The average Bonchev–Trinajstić information content (AvgIpc) is 2.52. The van der Waals surface area contributed by atoms with Crippen molar-refractivity contribution in [3.63, 3.8) is 0 Å². The maximum atomic E-state index is 5.71. The molecule has 3 heteroatoms. The van der Waals surface area contributed by atoms with Gasteiger partial charge in [0.05, 0.1) is 6.61 Å². The number of rotatable bonds is 8. The largest absolute Gasteiger partial charge is 0.493 e. The molecule has 1 fully saturated rings. The van der Waals surface area contributed by atoms with Gasteiger partial charge >= 0.3 is 0 Å². The first-order valence-corrected chi connectivity index (χ1v) is 8.39. The van der Waals surface area contributed by atoms with Gasteiger partial charge in [0.1, 0.15) is 5.75 Å². The number of hydrogen-bond donors (Lipinski definition) is 1. The summed E-state index contributed by atoms with van der Waals surface area (Å²) in [5.41, 5.74) is 1.42. The first-order chi connectivity index (χ1) is 10.2. The van der Waals surface area contributed by atoms with Crippen LogP contribution >= 0.6 is 0 Å². The van der Waals surface area contributed by atoms with Gasteiger partial charge in [-0.2, -0.15) is 0 Å². The van der Waals surface area contributed by atoms with Crippen molar-refractivity contribution < 1.29 is 4.74 Å². The van der Waals surface area contributed by atoms with Crippen LogP contribution in [0, 0.1) is 5.92 Å². The van der Waals surface area contributed by atoms with Crippen molar-refractivity contribution in [2.24, 2.45) is 5.92 Å². The molecule has 3 nitrogen and oxygen atoms in total. The van der Waals surface area contributed by atoms with Gasteiger partial charge < -0.3 is 15.0 Å². The lowest BCUT2D eigenvalue weighted by Crippen LogP contribution is -2.43. The number of ether oxygens (including phenoxy) is 1.